The van der Waals surface area contributed by atoms with Crippen LogP contribution in [-0.2, 0) is 20.0 Å². The predicted octanol–water partition coefficient (Wildman–Crippen LogP) is 2.24. The molecule has 0 bridgehead atoms. The summed E-state index contributed by atoms with van der Waals surface area (Å²) in [6, 6.07) is 2.05. The standard InChI is InChI=1S/C14H15F2N5/c1-3-11-8(6-20(2)19-11)7-21-12-5-9(15)4-10(16)13(12)18-14(21)17/h4-6H,3,7H2,1-2H3,(H2,17,18). The number of fused-ring (bicyclic) bond motifs is 1. The minimum Gasteiger partial charge on any atom is -0.369 e. The maximum Gasteiger partial charge on any atom is 0.201 e. The number of hydrogen-bond donors (Lipinski definition) is 1. The number of anilines is 1. The van der Waals surface area contributed by atoms with E-state index in [0.29, 0.717) is 12.1 Å². The molecule has 110 valence electrons. The van der Waals surface area contributed by atoms with Gasteiger partial charge < -0.3 is 10.3 Å². The number of nitrogens with zero attached hydrogens (tertiary/aromatic N) is 4. The van der Waals surface area contributed by atoms with E-state index in [1.54, 1.807) is 9.25 Å². The molecule has 0 amide bonds. The average Bonchev–Trinajstić information content (AvgIpc) is 2.92. The van der Waals surface area contributed by atoms with E-state index >= 15 is 0 Å². The molecule has 5 nitrogen and oxygen atoms in total. The Morgan fingerprint density at radius 2 is 2.05 bits per heavy atom. The van der Waals surface area contributed by atoms with Crippen molar-refractivity contribution in [2.24, 2.45) is 7.05 Å². The molecular weight excluding hydrogens is 276 g/mol. The van der Waals surface area contributed by atoms with Gasteiger partial charge in [0, 0.05) is 30.9 Å². The van der Waals surface area contributed by atoms with Gasteiger partial charge in [-0.15, -0.1) is 0 Å². The lowest BCUT2D eigenvalue weighted by Gasteiger charge is -2.06. The highest BCUT2D eigenvalue weighted by Crippen LogP contribution is 2.24. The largest absolute Gasteiger partial charge is 0.369 e. The molecule has 0 aliphatic heterocycles. The van der Waals surface area contributed by atoms with Gasteiger partial charge in [-0.25, -0.2) is 13.8 Å². The van der Waals surface area contributed by atoms with Gasteiger partial charge in [0.1, 0.15) is 11.3 Å². The fraction of sp³-hybridized carbons (Fsp3) is 0.286. The summed E-state index contributed by atoms with van der Waals surface area (Å²) in [6.07, 6.45) is 2.64. The van der Waals surface area contributed by atoms with E-state index in [1.165, 1.54) is 6.07 Å². The van der Waals surface area contributed by atoms with Crippen molar-refractivity contribution < 1.29 is 8.78 Å². The Hall–Kier alpha value is -2.44. The minimum absolute atomic E-state index is 0.0795. The van der Waals surface area contributed by atoms with Gasteiger partial charge in [0.2, 0.25) is 5.95 Å². The van der Waals surface area contributed by atoms with Gasteiger partial charge in [-0.05, 0) is 6.42 Å². The van der Waals surface area contributed by atoms with Crippen LogP contribution >= 0.6 is 0 Å². The number of aryl methyl sites for hydroxylation is 2. The second-order valence-corrected chi connectivity index (χ2v) is 4.94. The van der Waals surface area contributed by atoms with Crippen molar-refractivity contribution >= 4 is 17.0 Å². The number of nitrogen functional groups attached to an aromatic ring is 1. The van der Waals surface area contributed by atoms with E-state index in [2.05, 4.69) is 10.1 Å². The highest BCUT2D eigenvalue weighted by atomic mass is 19.1. The molecule has 0 aliphatic carbocycles. The van der Waals surface area contributed by atoms with Crippen LogP contribution in [0.5, 0.6) is 0 Å². The number of nitrogens with two attached hydrogens (primary N) is 1. The zero-order valence-electron chi connectivity index (χ0n) is 11.8. The quantitative estimate of drug-likeness (QED) is 0.805. The molecule has 0 radical (unpaired) electrons. The molecule has 7 heteroatoms. The summed E-state index contributed by atoms with van der Waals surface area (Å²) >= 11 is 0. The monoisotopic (exact) mass is 291 g/mol. The van der Waals surface area contributed by atoms with Crippen molar-refractivity contribution in [1.29, 1.82) is 0 Å². The summed E-state index contributed by atoms with van der Waals surface area (Å²) < 4.78 is 30.5. The molecule has 0 saturated carbocycles. The molecule has 2 aromatic heterocycles. The lowest BCUT2D eigenvalue weighted by atomic mass is 10.2. The summed E-state index contributed by atoms with van der Waals surface area (Å²) in [5, 5.41) is 4.35. The number of hydrogen-bond acceptors (Lipinski definition) is 3. The molecule has 0 spiro atoms. The maximum absolute atomic E-state index is 13.7. The van der Waals surface area contributed by atoms with E-state index < -0.39 is 11.6 Å². The number of imidazole rings is 1. The number of rotatable bonds is 3. The lowest BCUT2D eigenvalue weighted by molar-refractivity contribution is 0.590. The van der Waals surface area contributed by atoms with E-state index in [1.807, 2.05) is 20.2 Å². The molecule has 3 rings (SSSR count). The van der Waals surface area contributed by atoms with Crippen molar-refractivity contribution in [2.75, 3.05) is 5.73 Å². The molecular formula is C14H15F2N5. The Kier molecular flexibility index (Phi) is 3.12. The Morgan fingerprint density at radius 3 is 2.76 bits per heavy atom. The summed E-state index contributed by atoms with van der Waals surface area (Å²) in [4.78, 5) is 3.98. The van der Waals surface area contributed by atoms with E-state index in [9.17, 15) is 8.78 Å². The Morgan fingerprint density at radius 1 is 1.29 bits per heavy atom. The topological polar surface area (TPSA) is 61.7 Å². The fourth-order valence-electron chi connectivity index (χ4n) is 2.52. The summed E-state index contributed by atoms with van der Waals surface area (Å²) in [7, 11) is 1.83. The highest BCUT2D eigenvalue weighted by Gasteiger charge is 2.16. The Bertz CT molecular complexity index is 818. The number of benzene rings is 1. The van der Waals surface area contributed by atoms with Crippen molar-refractivity contribution in [1.82, 2.24) is 19.3 Å². The van der Waals surface area contributed by atoms with E-state index in [-0.39, 0.29) is 11.5 Å². The van der Waals surface area contributed by atoms with Crippen molar-refractivity contribution in [2.45, 2.75) is 19.9 Å². The van der Waals surface area contributed by atoms with Crippen LogP contribution in [0.4, 0.5) is 14.7 Å². The summed E-state index contributed by atoms with van der Waals surface area (Å²) in [6.45, 7) is 2.38. The van der Waals surface area contributed by atoms with Crippen LogP contribution in [0.1, 0.15) is 18.2 Å². The third kappa shape index (κ3) is 2.24. The lowest BCUT2D eigenvalue weighted by Crippen LogP contribution is -2.05. The van der Waals surface area contributed by atoms with Gasteiger partial charge in [-0.2, -0.15) is 5.10 Å². The summed E-state index contributed by atoms with van der Waals surface area (Å²) in [5.41, 5.74) is 8.16. The Balaban J connectivity index is 2.14. The SMILES string of the molecule is CCc1nn(C)cc1Cn1c(N)nc2c(F)cc(F)cc21. The number of aromatic nitrogens is 4. The molecule has 0 aliphatic rings. The predicted molar refractivity (Wildman–Crippen MR) is 75.7 cm³/mol. The Labute approximate surface area is 120 Å². The first-order valence-corrected chi connectivity index (χ1v) is 6.61. The van der Waals surface area contributed by atoms with Crippen molar-refractivity contribution in [3.05, 3.63) is 41.2 Å². The van der Waals surface area contributed by atoms with Gasteiger partial charge >= 0.3 is 0 Å². The zero-order valence-corrected chi connectivity index (χ0v) is 11.8. The first kappa shape index (κ1) is 13.5. The van der Waals surface area contributed by atoms with Crippen molar-refractivity contribution in [3.8, 4) is 0 Å². The molecule has 3 aromatic rings. The molecule has 0 atom stereocenters. The molecule has 21 heavy (non-hydrogen) atoms. The average molecular weight is 291 g/mol. The second-order valence-electron chi connectivity index (χ2n) is 4.94. The van der Waals surface area contributed by atoms with Gasteiger partial charge in [-0.1, -0.05) is 6.92 Å². The van der Waals surface area contributed by atoms with E-state index in [4.69, 9.17) is 5.73 Å². The van der Waals surface area contributed by atoms with Gasteiger partial charge in [0.05, 0.1) is 17.8 Å². The first-order valence-electron chi connectivity index (χ1n) is 6.61. The van der Waals surface area contributed by atoms with Crippen LogP contribution in [0.15, 0.2) is 18.3 Å². The first-order chi connectivity index (χ1) is 9.99. The normalized spacial score (nSPS) is 11.4. The molecule has 1 aromatic carbocycles. The minimum atomic E-state index is -0.711. The maximum atomic E-state index is 13.7. The van der Waals surface area contributed by atoms with E-state index in [0.717, 1.165) is 23.7 Å². The van der Waals surface area contributed by atoms with Crippen LogP contribution < -0.4 is 5.73 Å². The van der Waals surface area contributed by atoms with Crippen LogP contribution in [0, 0.1) is 11.6 Å². The zero-order chi connectivity index (χ0) is 15.1. The molecule has 0 saturated heterocycles. The molecule has 2 N–H and O–H groups in total. The van der Waals surface area contributed by atoms with Gasteiger partial charge in [0.25, 0.3) is 0 Å². The summed E-state index contributed by atoms with van der Waals surface area (Å²) in [5.74, 6) is -1.21. The highest BCUT2D eigenvalue weighted by molar-refractivity contribution is 5.79. The van der Waals surface area contributed by atoms with Crippen LogP contribution in [0.25, 0.3) is 11.0 Å². The van der Waals surface area contributed by atoms with Gasteiger partial charge in [0.15, 0.2) is 5.82 Å². The smallest absolute Gasteiger partial charge is 0.201 e. The van der Waals surface area contributed by atoms with Crippen LogP contribution in [0.2, 0.25) is 0 Å². The molecule has 0 unspecified atom stereocenters. The van der Waals surface area contributed by atoms with Gasteiger partial charge in [-0.3, -0.25) is 4.68 Å². The second kappa shape index (κ2) is 4.83. The van der Waals surface area contributed by atoms with Crippen LogP contribution in [0.3, 0.4) is 0 Å². The molecule has 2 heterocycles. The third-order valence-corrected chi connectivity index (χ3v) is 3.46. The fourth-order valence-corrected chi connectivity index (χ4v) is 2.52. The van der Waals surface area contributed by atoms with Crippen molar-refractivity contribution in [3.63, 3.8) is 0 Å². The molecule has 0 fully saturated rings. The van der Waals surface area contributed by atoms with Crippen LogP contribution in [-0.4, -0.2) is 19.3 Å². The number of halogens is 2. The third-order valence-electron chi connectivity index (χ3n) is 3.46.